The largest absolute Gasteiger partial charge is 0.336 e. The first kappa shape index (κ1) is 17.2. The van der Waals surface area contributed by atoms with E-state index in [1.54, 1.807) is 5.57 Å². The van der Waals surface area contributed by atoms with E-state index in [0.717, 1.165) is 38.3 Å². The molecule has 0 aromatic heterocycles. The zero-order chi connectivity index (χ0) is 16.9. The molecule has 0 atom stereocenters. The molecule has 0 N–H and O–H groups in total. The second kappa shape index (κ2) is 7.98. The van der Waals surface area contributed by atoms with Crippen molar-refractivity contribution in [2.45, 2.75) is 46.0 Å². The summed E-state index contributed by atoms with van der Waals surface area (Å²) in [6, 6.07) is 6.04. The highest BCUT2D eigenvalue weighted by molar-refractivity contribution is 5.94. The van der Waals surface area contributed by atoms with Crippen LogP contribution in [0.1, 0.15) is 53.6 Å². The summed E-state index contributed by atoms with van der Waals surface area (Å²) < 4.78 is 0. The Morgan fingerprint density at radius 3 is 2.50 bits per heavy atom. The fourth-order valence-electron chi connectivity index (χ4n) is 3.67. The summed E-state index contributed by atoms with van der Waals surface area (Å²) in [5.74, 6) is 0.188. The Hall–Kier alpha value is -1.61. The molecule has 1 aromatic rings. The number of benzene rings is 1. The van der Waals surface area contributed by atoms with Gasteiger partial charge in [-0.1, -0.05) is 17.7 Å². The summed E-state index contributed by atoms with van der Waals surface area (Å²) in [4.78, 5) is 17.2. The second-order valence-corrected chi connectivity index (χ2v) is 7.29. The summed E-state index contributed by atoms with van der Waals surface area (Å²) in [6.07, 6.45) is 8.96. The van der Waals surface area contributed by atoms with E-state index < -0.39 is 0 Å². The minimum Gasteiger partial charge on any atom is -0.336 e. The maximum atomic E-state index is 12.7. The molecule has 1 aliphatic heterocycles. The van der Waals surface area contributed by atoms with Crippen molar-refractivity contribution in [2.75, 3.05) is 32.7 Å². The van der Waals surface area contributed by atoms with Gasteiger partial charge < -0.3 is 4.90 Å². The van der Waals surface area contributed by atoms with Gasteiger partial charge in [0.1, 0.15) is 0 Å². The van der Waals surface area contributed by atoms with Crippen molar-refractivity contribution in [1.29, 1.82) is 0 Å². The fourth-order valence-corrected chi connectivity index (χ4v) is 3.67. The molecule has 1 fully saturated rings. The first-order valence-corrected chi connectivity index (χ1v) is 9.40. The highest BCUT2D eigenvalue weighted by Gasteiger charge is 2.22. The Bertz CT molecular complexity index is 612. The van der Waals surface area contributed by atoms with Gasteiger partial charge in [-0.2, -0.15) is 0 Å². The van der Waals surface area contributed by atoms with E-state index in [0.29, 0.717) is 0 Å². The van der Waals surface area contributed by atoms with Gasteiger partial charge >= 0.3 is 0 Å². The minimum absolute atomic E-state index is 0.188. The number of hydrogen-bond acceptors (Lipinski definition) is 2. The molecule has 3 rings (SSSR count). The molecule has 1 heterocycles. The smallest absolute Gasteiger partial charge is 0.253 e. The van der Waals surface area contributed by atoms with Crippen LogP contribution in [0.5, 0.6) is 0 Å². The lowest BCUT2D eigenvalue weighted by Crippen LogP contribution is -2.48. The number of amides is 1. The van der Waals surface area contributed by atoms with Crippen molar-refractivity contribution >= 4 is 5.91 Å². The van der Waals surface area contributed by atoms with Gasteiger partial charge in [0.2, 0.25) is 0 Å². The molecule has 2 aliphatic rings. The van der Waals surface area contributed by atoms with Crippen molar-refractivity contribution < 1.29 is 4.79 Å². The van der Waals surface area contributed by atoms with Crippen LogP contribution in [0.25, 0.3) is 0 Å². The quantitative estimate of drug-likeness (QED) is 0.782. The van der Waals surface area contributed by atoms with Crippen molar-refractivity contribution in [3.05, 3.63) is 46.5 Å². The lowest BCUT2D eigenvalue weighted by Gasteiger charge is -2.35. The molecule has 0 saturated carbocycles. The Balaban J connectivity index is 1.48. The van der Waals surface area contributed by atoms with Crippen molar-refractivity contribution in [2.24, 2.45) is 0 Å². The summed E-state index contributed by atoms with van der Waals surface area (Å²) in [5.41, 5.74) is 4.92. The molecule has 0 bridgehead atoms. The van der Waals surface area contributed by atoms with Crippen LogP contribution in [0, 0.1) is 13.8 Å². The second-order valence-electron chi connectivity index (χ2n) is 7.29. The molecule has 0 spiro atoms. The van der Waals surface area contributed by atoms with Crippen LogP contribution in [0.2, 0.25) is 0 Å². The molecule has 1 amide bonds. The molecule has 1 aromatic carbocycles. The van der Waals surface area contributed by atoms with Crippen LogP contribution in [0.4, 0.5) is 0 Å². The first-order valence-electron chi connectivity index (χ1n) is 9.40. The van der Waals surface area contributed by atoms with Gasteiger partial charge in [-0.25, -0.2) is 0 Å². The lowest BCUT2D eigenvalue weighted by molar-refractivity contribution is 0.0638. The van der Waals surface area contributed by atoms with Crippen LogP contribution in [0.15, 0.2) is 29.8 Å². The van der Waals surface area contributed by atoms with Crippen LogP contribution >= 0.6 is 0 Å². The SMILES string of the molecule is Cc1ccc(C(=O)N2CCN(CCC3=CCCCC3)CC2)cc1C. The van der Waals surface area contributed by atoms with E-state index in [1.165, 1.54) is 43.2 Å². The third-order valence-electron chi connectivity index (χ3n) is 5.55. The molecular formula is C21H30N2O. The van der Waals surface area contributed by atoms with Crippen molar-refractivity contribution in [3.8, 4) is 0 Å². The molecule has 0 unspecified atom stereocenters. The fraction of sp³-hybridized carbons (Fsp3) is 0.571. The molecule has 3 nitrogen and oxygen atoms in total. The van der Waals surface area contributed by atoms with E-state index in [2.05, 4.69) is 30.9 Å². The van der Waals surface area contributed by atoms with Gasteiger partial charge in [-0.3, -0.25) is 9.69 Å². The number of carbonyl (C=O) groups is 1. The third-order valence-corrected chi connectivity index (χ3v) is 5.55. The number of carbonyl (C=O) groups excluding carboxylic acids is 1. The maximum absolute atomic E-state index is 12.7. The van der Waals surface area contributed by atoms with Crippen LogP contribution in [0.3, 0.4) is 0 Å². The van der Waals surface area contributed by atoms with Gasteiger partial charge in [0.15, 0.2) is 0 Å². The van der Waals surface area contributed by atoms with Crippen molar-refractivity contribution in [1.82, 2.24) is 9.80 Å². The first-order chi connectivity index (χ1) is 11.6. The van der Waals surface area contributed by atoms with Crippen LogP contribution in [-0.2, 0) is 0 Å². The molecule has 1 aliphatic carbocycles. The maximum Gasteiger partial charge on any atom is 0.253 e. The molecule has 130 valence electrons. The van der Waals surface area contributed by atoms with Gasteiger partial charge in [0.25, 0.3) is 5.91 Å². The highest BCUT2D eigenvalue weighted by atomic mass is 16.2. The molecule has 1 saturated heterocycles. The number of allylic oxidation sites excluding steroid dienone is 1. The number of hydrogen-bond donors (Lipinski definition) is 0. The summed E-state index contributed by atoms with van der Waals surface area (Å²) in [6.45, 7) is 9.02. The van der Waals surface area contributed by atoms with Gasteiger partial charge in [0, 0.05) is 38.3 Å². The Kier molecular flexibility index (Phi) is 5.72. The highest BCUT2D eigenvalue weighted by Crippen LogP contribution is 2.21. The number of nitrogens with zero attached hydrogens (tertiary/aromatic N) is 2. The van der Waals surface area contributed by atoms with E-state index in [1.807, 2.05) is 17.0 Å². The Morgan fingerprint density at radius 1 is 1.04 bits per heavy atom. The zero-order valence-electron chi connectivity index (χ0n) is 15.2. The predicted molar refractivity (Wildman–Crippen MR) is 99.4 cm³/mol. The third kappa shape index (κ3) is 4.27. The standard InChI is InChI=1S/C21H30N2O/c1-17-8-9-20(16-18(17)2)21(24)23-14-12-22(13-15-23)11-10-19-6-4-3-5-7-19/h6,8-9,16H,3-5,7,10-15H2,1-2H3. The zero-order valence-corrected chi connectivity index (χ0v) is 15.2. The molecule has 0 radical (unpaired) electrons. The van der Waals surface area contributed by atoms with Crippen LogP contribution < -0.4 is 0 Å². The van der Waals surface area contributed by atoms with Crippen molar-refractivity contribution in [3.63, 3.8) is 0 Å². The Morgan fingerprint density at radius 2 is 1.83 bits per heavy atom. The van der Waals surface area contributed by atoms with Crippen LogP contribution in [-0.4, -0.2) is 48.4 Å². The monoisotopic (exact) mass is 326 g/mol. The molecule has 3 heteroatoms. The summed E-state index contributed by atoms with van der Waals surface area (Å²) in [7, 11) is 0. The topological polar surface area (TPSA) is 23.6 Å². The van der Waals surface area contributed by atoms with E-state index in [-0.39, 0.29) is 5.91 Å². The average molecular weight is 326 g/mol. The summed E-state index contributed by atoms with van der Waals surface area (Å²) >= 11 is 0. The molecule has 24 heavy (non-hydrogen) atoms. The summed E-state index contributed by atoms with van der Waals surface area (Å²) in [5, 5.41) is 0. The number of piperazine rings is 1. The molecular weight excluding hydrogens is 296 g/mol. The lowest BCUT2D eigenvalue weighted by atomic mass is 9.97. The normalized spacial score (nSPS) is 19.2. The van der Waals surface area contributed by atoms with Gasteiger partial charge in [0.05, 0.1) is 0 Å². The van der Waals surface area contributed by atoms with E-state index in [9.17, 15) is 4.79 Å². The van der Waals surface area contributed by atoms with Gasteiger partial charge in [-0.05, 0) is 69.2 Å². The predicted octanol–water partition coefficient (Wildman–Crippen LogP) is 3.95. The number of rotatable bonds is 4. The number of aryl methyl sites for hydroxylation is 2. The minimum atomic E-state index is 0.188. The Labute approximate surface area is 146 Å². The average Bonchev–Trinajstić information content (AvgIpc) is 2.63. The van der Waals surface area contributed by atoms with Gasteiger partial charge in [-0.15, -0.1) is 0 Å². The van der Waals surface area contributed by atoms with E-state index in [4.69, 9.17) is 0 Å². The van der Waals surface area contributed by atoms with E-state index >= 15 is 0 Å².